The van der Waals surface area contributed by atoms with Gasteiger partial charge in [-0.1, -0.05) is 26.2 Å². The number of alkyl carbamates (subject to hydrolysis) is 1. The molecule has 2 aliphatic rings. The molecule has 2 N–H and O–H groups in total. The average Bonchev–Trinajstić information content (AvgIpc) is 2.92. The summed E-state index contributed by atoms with van der Waals surface area (Å²) in [7, 11) is 0. The minimum Gasteiger partial charge on any atom is -0.444 e. The van der Waals surface area contributed by atoms with E-state index in [1.165, 1.54) is 51.4 Å². The van der Waals surface area contributed by atoms with Crippen LogP contribution in [0.4, 0.5) is 4.79 Å². The fourth-order valence-electron chi connectivity index (χ4n) is 4.10. The number of carbonyl (C=O) groups is 1. The first-order chi connectivity index (χ1) is 10.9. The third-order valence-corrected chi connectivity index (χ3v) is 5.38. The van der Waals surface area contributed by atoms with Crippen molar-refractivity contribution in [3.05, 3.63) is 0 Å². The van der Waals surface area contributed by atoms with Gasteiger partial charge in [-0.05, 0) is 64.7 Å². The predicted octanol–water partition coefficient (Wildman–Crippen LogP) is 4.24. The van der Waals surface area contributed by atoms with Gasteiger partial charge in [0.2, 0.25) is 0 Å². The second-order valence-corrected chi connectivity index (χ2v) is 8.48. The van der Waals surface area contributed by atoms with Crippen LogP contribution in [0, 0.1) is 11.8 Å². The highest BCUT2D eigenvalue weighted by molar-refractivity contribution is 5.67. The Morgan fingerprint density at radius 3 is 2.52 bits per heavy atom. The van der Waals surface area contributed by atoms with Gasteiger partial charge in [0.15, 0.2) is 0 Å². The summed E-state index contributed by atoms with van der Waals surface area (Å²) in [5.74, 6) is 1.45. The molecule has 23 heavy (non-hydrogen) atoms. The van der Waals surface area contributed by atoms with E-state index in [-0.39, 0.29) is 6.09 Å². The zero-order valence-corrected chi connectivity index (χ0v) is 15.5. The first kappa shape index (κ1) is 18.6. The molecule has 0 radical (unpaired) electrons. The Balaban J connectivity index is 1.78. The van der Waals surface area contributed by atoms with E-state index in [0.717, 1.165) is 12.5 Å². The Morgan fingerprint density at radius 1 is 1.13 bits per heavy atom. The van der Waals surface area contributed by atoms with Crippen molar-refractivity contribution in [2.75, 3.05) is 6.54 Å². The summed E-state index contributed by atoms with van der Waals surface area (Å²) in [4.78, 5) is 11.9. The van der Waals surface area contributed by atoms with E-state index in [4.69, 9.17) is 4.74 Å². The summed E-state index contributed by atoms with van der Waals surface area (Å²) < 4.78 is 5.36. The van der Waals surface area contributed by atoms with Gasteiger partial charge in [-0.3, -0.25) is 0 Å². The highest BCUT2D eigenvalue weighted by Crippen LogP contribution is 2.31. The van der Waals surface area contributed by atoms with Gasteiger partial charge in [-0.2, -0.15) is 0 Å². The number of carbonyl (C=O) groups excluding carboxylic acids is 1. The quantitative estimate of drug-likeness (QED) is 0.795. The molecule has 0 heterocycles. The third kappa shape index (κ3) is 6.33. The normalized spacial score (nSPS) is 31.8. The Bertz CT molecular complexity index is 378. The maximum Gasteiger partial charge on any atom is 0.407 e. The molecule has 0 spiro atoms. The Hall–Kier alpha value is -0.770. The van der Waals surface area contributed by atoms with Crippen molar-refractivity contribution < 1.29 is 9.53 Å². The number of ether oxygens (including phenoxy) is 1. The van der Waals surface area contributed by atoms with Crippen LogP contribution >= 0.6 is 0 Å². The van der Waals surface area contributed by atoms with Gasteiger partial charge in [-0.15, -0.1) is 0 Å². The van der Waals surface area contributed by atoms with E-state index < -0.39 is 5.60 Å². The van der Waals surface area contributed by atoms with Crippen LogP contribution in [0.2, 0.25) is 0 Å². The molecule has 2 fully saturated rings. The van der Waals surface area contributed by atoms with Crippen molar-refractivity contribution in [3.8, 4) is 0 Å². The van der Waals surface area contributed by atoms with Crippen LogP contribution in [0.15, 0.2) is 0 Å². The molecule has 0 aromatic carbocycles. The molecule has 1 amide bonds. The van der Waals surface area contributed by atoms with Gasteiger partial charge >= 0.3 is 6.09 Å². The van der Waals surface area contributed by atoms with Gasteiger partial charge in [0, 0.05) is 18.6 Å². The average molecular weight is 325 g/mol. The van der Waals surface area contributed by atoms with Gasteiger partial charge in [0.25, 0.3) is 0 Å². The number of nitrogens with one attached hydrogen (secondary N) is 2. The van der Waals surface area contributed by atoms with E-state index in [2.05, 4.69) is 17.6 Å². The first-order valence-electron chi connectivity index (χ1n) is 9.60. The largest absolute Gasteiger partial charge is 0.444 e. The molecule has 0 aromatic heterocycles. The predicted molar refractivity (Wildman–Crippen MR) is 94.5 cm³/mol. The van der Waals surface area contributed by atoms with Crippen LogP contribution in [-0.2, 0) is 4.74 Å². The van der Waals surface area contributed by atoms with E-state index >= 15 is 0 Å². The zero-order valence-electron chi connectivity index (χ0n) is 15.5. The lowest BCUT2D eigenvalue weighted by atomic mass is 9.84. The van der Waals surface area contributed by atoms with Gasteiger partial charge in [0.1, 0.15) is 5.60 Å². The highest BCUT2D eigenvalue weighted by Gasteiger charge is 2.31. The molecule has 2 saturated carbocycles. The third-order valence-electron chi connectivity index (χ3n) is 5.38. The zero-order chi connectivity index (χ0) is 16.9. The van der Waals surface area contributed by atoms with Gasteiger partial charge in [0.05, 0.1) is 0 Å². The lowest BCUT2D eigenvalue weighted by molar-refractivity contribution is 0.0510. The number of hydrogen-bond donors (Lipinski definition) is 2. The summed E-state index contributed by atoms with van der Waals surface area (Å²) >= 11 is 0. The summed E-state index contributed by atoms with van der Waals surface area (Å²) in [6.07, 6.45) is 10.1. The Kier molecular flexibility index (Phi) is 6.75. The van der Waals surface area contributed by atoms with Crippen LogP contribution < -0.4 is 10.6 Å². The molecule has 2 aliphatic carbocycles. The fraction of sp³-hybridized carbons (Fsp3) is 0.947. The van der Waals surface area contributed by atoms with Gasteiger partial charge < -0.3 is 15.4 Å². The first-order valence-corrected chi connectivity index (χ1v) is 9.60. The molecule has 4 heteroatoms. The molecule has 2 rings (SSSR count). The van der Waals surface area contributed by atoms with Crippen molar-refractivity contribution in [1.82, 2.24) is 10.6 Å². The molecular weight excluding hydrogens is 288 g/mol. The fourth-order valence-corrected chi connectivity index (χ4v) is 4.10. The van der Waals surface area contributed by atoms with Gasteiger partial charge in [-0.25, -0.2) is 4.79 Å². The van der Waals surface area contributed by atoms with Crippen LogP contribution in [0.3, 0.4) is 0 Å². The standard InChI is InChI=1S/C19H36N2O2/c1-5-14-10-11-16(12-14)21-17-9-7-6-8-15(17)13-20-18(22)23-19(2,3)4/h14-17,21H,5-13H2,1-4H3,(H,20,22). The molecule has 4 unspecified atom stereocenters. The number of amides is 1. The molecule has 0 aliphatic heterocycles. The van der Waals surface area contributed by atoms with Crippen LogP contribution in [0.5, 0.6) is 0 Å². The Morgan fingerprint density at radius 2 is 1.87 bits per heavy atom. The lowest BCUT2D eigenvalue weighted by Crippen LogP contribution is -2.47. The van der Waals surface area contributed by atoms with Crippen molar-refractivity contribution >= 4 is 6.09 Å². The minimum atomic E-state index is -0.423. The maximum atomic E-state index is 11.9. The van der Waals surface area contributed by atoms with Crippen LogP contribution in [-0.4, -0.2) is 30.3 Å². The smallest absolute Gasteiger partial charge is 0.407 e. The SMILES string of the molecule is CCC1CCC(NC2CCCCC2CNC(=O)OC(C)(C)C)C1. The molecular formula is C19H36N2O2. The van der Waals surface area contributed by atoms with Crippen LogP contribution in [0.25, 0.3) is 0 Å². The molecule has 0 bridgehead atoms. The van der Waals surface area contributed by atoms with E-state index in [1.807, 2.05) is 20.8 Å². The monoisotopic (exact) mass is 324 g/mol. The molecule has 0 aromatic rings. The Labute approximate surface area is 142 Å². The summed E-state index contributed by atoms with van der Waals surface area (Å²) in [5, 5.41) is 6.89. The van der Waals surface area contributed by atoms with Crippen LogP contribution in [0.1, 0.15) is 79.1 Å². The van der Waals surface area contributed by atoms with Crippen molar-refractivity contribution in [2.24, 2.45) is 11.8 Å². The second-order valence-electron chi connectivity index (χ2n) is 8.48. The molecule has 4 nitrogen and oxygen atoms in total. The van der Waals surface area contributed by atoms with E-state index in [9.17, 15) is 4.79 Å². The van der Waals surface area contributed by atoms with Crippen molar-refractivity contribution in [1.29, 1.82) is 0 Å². The summed E-state index contributed by atoms with van der Waals surface area (Å²) in [5.41, 5.74) is -0.423. The molecule has 0 saturated heterocycles. The van der Waals surface area contributed by atoms with E-state index in [1.54, 1.807) is 0 Å². The second kappa shape index (κ2) is 8.36. The topological polar surface area (TPSA) is 50.4 Å². The van der Waals surface area contributed by atoms with Crippen molar-refractivity contribution in [2.45, 2.75) is 96.7 Å². The number of hydrogen-bond acceptors (Lipinski definition) is 3. The van der Waals surface area contributed by atoms with E-state index in [0.29, 0.717) is 18.0 Å². The highest BCUT2D eigenvalue weighted by atomic mass is 16.6. The number of rotatable bonds is 5. The lowest BCUT2D eigenvalue weighted by Gasteiger charge is -2.34. The maximum absolute atomic E-state index is 11.9. The minimum absolute atomic E-state index is 0.284. The molecule has 134 valence electrons. The molecule has 4 atom stereocenters. The van der Waals surface area contributed by atoms with Crippen molar-refractivity contribution in [3.63, 3.8) is 0 Å². The summed E-state index contributed by atoms with van der Waals surface area (Å²) in [6.45, 7) is 8.75. The summed E-state index contributed by atoms with van der Waals surface area (Å²) in [6, 6.07) is 1.24.